The molecule has 3 rings (SSSR count). The molecule has 2 aromatic carbocycles. The standard InChI is InChI=1S/C24H31N3O4/c1-5-26(15-18-11-12-21(31-6-2)22(14-18)30-4)16-24(29)27-17(3)13-23(28)25-19-9-7-8-10-20(19)27/h7-12,14,17H,5-6,13,15-16H2,1-4H3,(H,25,28)/t17-/m1/s1. The number of ether oxygens (including phenoxy) is 2. The topological polar surface area (TPSA) is 71.1 Å². The highest BCUT2D eigenvalue weighted by Crippen LogP contribution is 2.32. The van der Waals surface area contributed by atoms with Crippen LogP contribution >= 0.6 is 0 Å². The molecule has 0 saturated carbocycles. The molecule has 0 radical (unpaired) electrons. The number of hydrogen-bond acceptors (Lipinski definition) is 5. The number of hydrogen-bond donors (Lipinski definition) is 1. The predicted molar refractivity (Wildman–Crippen MR) is 122 cm³/mol. The van der Waals surface area contributed by atoms with Gasteiger partial charge in [-0.05, 0) is 50.2 Å². The largest absolute Gasteiger partial charge is 0.493 e. The molecule has 1 N–H and O–H groups in total. The van der Waals surface area contributed by atoms with Crippen molar-refractivity contribution in [2.24, 2.45) is 0 Å². The van der Waals surface area contributed by atoms with E-state index in [1.807, 2.05) is 63.2 Å². The molecule has 7 heteroatoms. The maximum absolute atomic E-state index is 13.4. The molecule has 7 nitrogen and oxygen atoms in total. The Labute approximate surface area is 183 Å². The summed E-state index contributed by atoms with van der Waals surface area (Å²) in [6, 6.07) is 13.1. The number of carbonyl (C=O) groups is 2. The molecule has 0 unspecified atom stereocenters. The number of nitrogens with one attached hydrogen (secondary N) is 1. The fourth-order valence-electron chi connectivity index (χ4n) is 3.86. The van der Waals surface area contributed by atoms with Crippen LogP contribution in [-0.2, 0) is 16.1 Å². The van der Waals surface area contributed by atoms with Crippen LogP contribution in [0, 0.1) is 0 Å². The van der Waals surface area contributed by atoms with E-state index in [0.29, 0.717) is 36.9 Å². The van der Waals surface area contributed by atoms with Crippen molar-refractivity contribution < 1.29 is 19.1 Å². The minimum Gasteiger partial charge on any atom is -0.493 e. The number of fused-ring (bicyclic) bond motifs is 1. The van der Waals surface area contributed by atoms with Crippen LogP contribution in [0.25, 0.3) is 0 Å². The summed E-state index contributed by atoms with van der Waals surface area (Å²) in [6.45, 7) is 8.01. The molecule has 0 aromatic heterocycles. The van der Waals surface area contributed by atoms with E-state index in [2.05, 4.69) is 10.2 Å². The fourth-order valence-corrected chi connectivity index (χ4v) is 3.86. The van der Waals surface area contributed by atoms with Gasteiger partial charge in [-0.25, -0.2) is 0 Å². The predicted octanol–water partition coefficient (Wildman–Crippen LogP) is 3.68. The molecular formula is C24H31N3O4. The molecule has 1 atom stereocenters. The number of methoxy groups -OCH3 is 1. The van der Waals surface area contributed by atoms with Crippen LogP contribution in [-0.4, -0.2) is 49.6 Å². The van der Waals surface area contributed by atoms with Gasteiger partial charge in [0.05, 0.1) is 31.6 Å². The van der Waals surface area contributed by atoms with Crippen molar-refractivity contribution in [2.75, 3.05) is 37.0 Å². The first-order valence-corrected chi connectivity index (χ1v) is 10.7. The smallest absolute Gasteiger partial charge is 0.241 e. The summed E-state index contributed by atoms with van der Waals surface area (Å²) >= 11 is 0. The van der Waals surface area contributed by atoms with Crippen molar-refractivity contribution in [3.63, 3.8) is 0 Å². The summed E-state index contributed by atoms with van der Waals surface area (Å²) in [7, 11) is 1.62. The number of nitrogens with zero attached hydrogens (tertiary/aromatic N) is 2. The van der Waals surface area contributed by atoms with Crippen molar-refractivity contribution in [1.29, 1.82) is 0 Å². The molecule has 1 heterocycles. The zero-order valence-electron chi connectivity index (χ0n) is 18.7. The van der Waals surface area contributed by atoms with E-state index in [4.69, 9.17) is 9.47 Å². The van der Waals surface area contributed by atoms with Crippen LogP contribution in [0.1, 0.15) is 32.8 Å². The highest BCUT2D eigenvalue weighted by molar-refractivity contribution is 6.04. The second kappa shape index (κ2) is 10.3. The lowest BCUT2D eigenvalue weighted by Crippen LogP contribution is -2.45. The van der Waals surface area contributed by atoms with E-state index >= 15 is 0 Å². The van der Waals surface area contributed by atoms with Crippen molar-refractivity contribution in [3.05, 3.63) is 48.0 Å². The Morgan fingerprint density at radius 1 is 1.19 bits per heavy atom. The van der Waals surface area contributed by atoms with Gasteiger partial charge in [0.2, 0.25) is 11.8 Å². The Morgan fingerprint density at radius 3 is 2.68 bits per heavy atom. The maximum atomic E-state index is 13.4. The van der Waals surface area contributed by atoms with Gasteiger partial charge < -0.3 is 19.7 Å². The first kappa shape index (κ1) is 22.6. The van der Waals surface area contributed by atoms with Gasteiger partial charge >= 0.3 is 0 Å². The van der Waals surface area contributed by atoms with E-state index in [1.165, 1.54) is 0 Å². The zero-order chi connectivity index (χ0) is 22.4. The van der Waals surface area contributed by atoms with Crippen molar-refractivity contribution in [3.8, 4) is 11.5 Å². The van der Waals surface area contributed by atoms with Gasteiger partial charge in [-0.1, -0.05) is 25.1 Å². The average molecular weight is 426 g/mol. The van der Waals surface area contributed by atoms with Crippen molar-refractivity contribution in [2.45, 2.75) is 39.8 Å². The number of rotatable bonds is 8. The zero-order valence-corrected chi connectivity index (χ0v) is 18.7. The molecule has 0 spiro atoms. The van der Waals surface area contributed by atoms with Gasteiger partial charge in [0.15, 0.2) is 11.5 Å². The summed E-state index contributed by atoms with van der Waals surface area (Å²) in [5.74, 6) is 1.28. The second-order valence-corrected chi connectivity index (χ2v) is 7.60. The van der Waals surface area contributed by atoms with Gasteiger partial charge in [-0.15, -0.1) is 0 Å². The van der Waals surface area contributed by atoms with Gasteiger partial charge in [-0.3, -0.25) is 14.5 Å². The third-order valence-corrected chi connectivity index (χ3v) is 5.37. The molecule has 2 amide bonds. The summed E-state index contributed by atoms with van der Waals surface area (Å²) in [5, 5.41) is 2.90. The first-order valence-electron chi connectivity index (χ1n) is 10.7. The average Bonchev–Trinajstić information content (AvgIpc) is 2.88. The number of likely N-dealkylation sites (N-methyl/N-ethyl adjacent to an activating group) is 1. The lowest BCUT2D eigenvalue weighted by molar-refractivity contribution is -0.120. The Hall–Kier alpha value is -3.06. The van der Waals surface area contributed by atoms with E-state index in [-0.39, 0.29) is 30.8 Å². The minimum atomic E-state index is -0.222. The highest BCUT2D eigenvalue weighted by Gasteiger charge is 2.30. The van der Waals surface area contributed by atoms with E-state index < -0.39 is 0 Å². The van der Waals surface area contributed by atoms with E-state index in [9.17, 15) is 9.59 Å². The minimum absolute atomic E-state index is 0.0313. The van der Waals surface area contributed by atoms with Crippen molar-refractivity contribution in [1.82, 2.24) is 4.90 Å². The van der Waals surface area contributed by atoms with Crippen molar-refractivity contribution >= 4 is 23.2 Å². The van der Waals surface area contributed by atoms with Crippen LogP contribution in [0.2, 0.25) is 0 Å². The van der Waals surface area contributed by atoms with Gasteiger partial charge in [-0.2, -0.15) is 0 Å². The summed E-state index contributed by atoms with van der Waals surface area (Å²) in [6.07, 6.45) is 0.267. The fraction of sp³-hybridized carbons (Fsp3) is 0.417. The van der Waals surface area contributed by atoms with Crippen LogP contribution in [0.4, 0.5) is 11.4 Å². The van der Waals surface area contributed by atoms with Gasteiger partial charge in [0.1, 0.15) is 0 Å². The van der Waals surface area contributed by atoms with Gasteiger partial charge in [0.25, 0.3) is 0 Å². The Kier molecular flexibility index (Phi) is 7.52. The monoisotopic (exact) mass is 425 g/mol. The highest BCUT2D eigenvalue weighted by atomic mass is 16.5. The molecule has 31 heavy (non-hydrogen) atoms. The summed E-state index contributed by atoms with van der Waals surface area (Å²) in [5.41, 5.74) is 2.45. The lowest BCUT2D eigenvalue weighted by Gasteiger charge is -2.30. The van der Waals surface area contributed by atoms with Crippen LogP contribution < -0.4 is 19.7 Å². The van der Waals surface area contributed by atoms with Crippen LogP contribution in [0.5, 0.6) is 11.5 Å². The van der Waals surface area contributed by atoms with E-state index in [1.54, 1.807) is 12.0 Å². The third kappa shape index (κ3) is 5.35. The maximum Gasteiger partial charge on any atom is 0.241 e. The molecule has 166 valence electrons. The summed E-state index contributed by atoms with van der Waals surface area (Å²) < 4.78 is 11.0. The molecule has 0 fully saturated rings. The molecule has 0 saturated heterocycles. The Balaban J connectivity index is 1.77. The SMILES string of the molecule is CCOc1ccc(CN(CC)CC(=O)N2c3ccccc3NC(=O)C[C@H]2C)cc1OC. The molecule has 1 aliphatic rings. The lowest BCUT2D eigenvalue weighted by atomic mass is 10.1. The molecule has 2 aromatic rings. The number of para-hydroxylation sites is 2. The van der Waals surface area contributed by atoms with Crippen LogP contribution in [0.15, 0.2) is 42.5 Å². The van der Waals surface area contributed by atoms with Crippen LogP contribution in [0.3, 0.4) is 0 Å². The summed E-state index contributed by atoms with van der Waals surface area (Å²) in [4.78, 5) is 29.4. The molecule has 1 aliphatic heterocycles. The second-order valence-electron chi connectivity index (χ2n) is 7.60. The number of carbonyl (C=O) groups excluding carboxylic acids is 2. The number of benzene rings is 2. The Morgan fingerprint density at radius 2 is 1.97 bits per heavy atom. The quantitative estimate of drug-likeness (QED) is 0.699. The normalized spacial score (nSPS) is 15.8. The third-order valence-electron chi connectivity index (χ3n) is 5.37. The number of amides is 2. The molecule has 0 bridgehead atoms. The van der Waals surface area contributed by atoms with E-state index in [0.717, 1.165) is 11.3 Å². The molecule has 0 aliphatic carbocycles. The Bertz CT molecular complexity index is 931. The number of anilines is 2. The first-order chi connectivity index (χ1) is 15.0. The van der Waals surface area contributed by atoms with Gasteiger partial charge in [0, 0.05) is 19.0 Å². The molecular weight excluding hydrogens is 394 g/mol.